The fourth-order valence-corrected chi connectivity index (χ4v) is 3.52. The second-order valence-electron chi connectivity index (χ2n) is 6.90. The molecule has 132 valence electrons. The molecular weight excluding hydrogens is 316 g/mol. The molecule has 4 rings (SSSR count). The minimum absolute atomic E-state index is 0.146. The van der Waals surface area contributed by atoms with Gasteiger partial charge in [-0.3, -0.25) is 9.36 Å². The van der Waals surface area contributed by atoms with Gasteiger partial charge in [-0.25, -0.2) is 4.98 Å². The SMILES string of the molecule is CC1Nc2c(ncn2[C@@H]2O[C@H](CO)[C@H]3OC(C)(C)O[C@H]32)C(=O)N1C. The minimum atomic E-state index is -0.748. The Bertz CT molecular complexity index is 675. The van der Waals surface area contributed by atoms with Crippen molar-refractivity contribution in [1.82, 2.24) is 14.5 Å². The second-order valence-corrected chi connectivity index (χ2v) is 6.90. The van der Waals surface area contributed by atoms with Crippen LogP contribution in [0.2, 0.25) is 0 Å². The molecule has 4 heterocycles. The molecule has 2 N–H and O–H groups in total. The van der Waals surface area contributed by atoms with E-state index in [2.05, 4.69) is 10.3 Å². The van der Waals surface area contributed by atoms with Gasteiger partial charge in [0.15, 0.2) is 17.7 Å². The molecular formula is C15H22N4O5. The maximum absolute atomic E-state index is 12.4. The highest BCUT2D eigenvalue weighted by atomic mass is 16.8. The van der Waals surface area contributed by atoms with E-state index < -0.39 is 18.1 Å². The van der Waals surface area contributed by atoms with Crippen molar-refractivity contribution in [2.75, 3.05) is 19.0 Å². The number of carbonyl (C=O) groups excluding carboxylic acids is 1. The van der Waals surface area contributed by atoms with E-state index in [0.29, 0.717) is 11.5 Å². The van der Waals surface area contributed by atoms with Crippen molar-refractivity contribution < 1.29 is 24.1 Å². The van der Waals surface area contributed by atoms with E-state index in [1.807, 2.05) is 20.8 Å². The van der Waals surface area contributed by atoms with Gasteiger partial charge >= 0.3 is 0 Å². The Balaban J connectivity index is 1.70. The molecule has 0 aromatic carbocycles. The fraction of sp³-hybridized carbons (Fsp3) is 0.733. The van der Waals surface area contributed by atoms with E-state index in [1.165, 1.54) is 0 Å². The molecule has 0 radical (unpaired) electrons. The van der Waals surface area contributed by atoms with Gasteiger partial charge in [-0.05, 0) is 20.8 Å². The van der Waals surface area contributed by atoms with E-state index in [-0.39, 0.29) is 30.9 Å². The summed E-state index contributed by atoms with van der Waals surface area (Å²) in [6, 6.07) is 0. The predicted octanol–water partition coefficient (Wildman–Crippen LogP) is 0.136. The first-order valence-corrected chi connectivity index (χ1v) is 8.05. The van der Waals surface area contributed by atoms with Crippen molar-refractivity contribution in [2.24, 2.45) is 0 Å². The first-order chi connectivity index (χ1) is 11.3. The van der Waals surface area contributed by atoms with Gasteiger partial charge in [0.2, 0.25) is 0 Å². The van der Waals surface area contributed by atoms with Gasteiger partial charge in [-0.15, -0.1) is 0 Å². The van der Waals surface area contributed by atoms with Crippen LogP contribution in [0.4, 0.5) is 5.82 Å². The average Bonchev–Trinajstić information content (AvgIpc) is 3.15. The number of rotatable bonds is 2. The summed E-state index contributed by atoms with van der Waals surface area (Å²) in [5, 5.41) is 12.9. The number of hydrogen-bond acceptors (Lipinski definition) is 7. The lowest BCUT2D eigenvalue weighted by molar-refractivity contribution is -0.199. The summed E-state index contributed by atoms with van der Waals surface area (Å²) in [5.41, 5.74) is 0.348. The Hall–Kier alpha value is -1.68. The van der Waals surface area contributed by atoms with Crippen LogP contribution in [0.3, 0.4) is 0 Å². The van der Waals surface area contributed by atoms with Crippen LogP contribution in [0.15, 0.2) is 6.33 Å². The molecule has 1 unspecified atom stereocenters. The highest BCUT2D eigenvalue weighted by Gasteiger charge is 2.56. The van der Waals surface area contributed by atoms with Crippen molar-refractivity contribution in [3.63, 3.8) is 0 Å². The molecule has 1 aromatic heterocycles. The first-order valence-electron chi connectivity index (χ1n) is 8.05. The molecule has 0 saturated carbocycles. The minimum Gasteiger partial charge on any atom is -0.394 e. The summed E-state index contributed by atoms with van der Waals surface area (Å²) in [4.78, 5) is 18.2. The molecule has 5 atom stereocenters. The maximum atomic E-state index is 12.4. The largest absolute Gasteiger partial charge is 0.394 e. The van der Waals surface area contributed by atoms with Gasteiger partial charge in [0.25, 0.3) is 5.91 Å². The Morgan fingerprint density at radius 2 is 2.08 bits per heavy atom. The number of aromatic nitrogens is 2. The van der Waals surface area contributed by atoms with Crippen molar-refractivity contribution >= 4 is 11.7 Å². The number of nitrogens with one attached hydrogen (secondary N) is 1. The summed E-state index contributed by atoms with van der Waals surface area (Å²) in [7, 11) is 1.72. The Morgan fingerprint density at radius 3 is 2.79 bits per heavy atom. The standard InChI is InChI=1S/C15H22N4O5/c1-7-17-12-9(13(21)18(7)4)16-6-19(12)14-11-10(8(5-20)22-14)23-15(2,3)24-11/h6-8,10-11,14,17,20H,5H2,1-4H3/t7?,8-,10-,11-,14-/m1/s1. The lowest BCUT2D eigenvalue weighted by Gasteiger charge is -2.32. The molecule has 0 spiro atoms. The van der Waals surface area contributed by atoms with Crippen LogP contribution in [-0.2, 0) is 14.2 Å². The molecule has 2 saturated heterocycles. The second kappa shape index (κ2) is 5.16. The summed E-state index contributed by atoms with van der Waals surface area (Å²) in [5.74, 6) is -0.296. The third-order valence-corrected chi connectivity index (χ3v) is 4.82. The predicted molar refractivity (Wildman–Crippen MR) is 82.2 cm³/mol. The number of aliphatic hydroxyl groups excluding tert-OH is 1. The lowest BCUT2D eigenvalue weighted by Crippen LogP contribution is -2.45. The number of fused-ring (bicyclic) bond motifs is 2. The number of hydrogen-bond donors (Lipinski definition) is 2. The number of ether oxygens (including phenoxy) is 3. The molecule has 0 aliphatic carbocycles. The normalized spacial score (nSPS) is 37.3. The summed E-state index contributed by atoms with van der Waals surface area (Å²) >= 11 is 0. The van der Waals surface area contributed by atoms with Gasteiger partial charge in [-0.2, -0.15) is 0 Å². The van der Waals surface area contributed by atoms with E-state index >= 15 is 0 Å². The van der Waals surface area contributed by atoms with Gasteiger partial charge in [0.1, 0.15) is 24.1 Å². The zero-order valence-electron chi connectivity index (χ0n) is 14.1. The van der Waals surface area contributed by atoms with Crippen LogP contribution >= 0.6 is 0 Å². The molecule has 9 heteroatoms. The van der Waals surface area contributed by atoms with E-state index in [0.717, 1.165) is 0 Å². The summed E-state index contributed by atoms with van der Waals surface area (Å²) in [6.07, 6.45) is -0.365. The molecule has 0 bridgehead atoms. The van der Waals surface area contributed by atoms with E-state index in [1.54, 1.807) is 22.8 Å². The maximum Gasteiger partial charge on any atom is 0.277 e. The third kappa shape index (κ3) is 2.16. The number of nitrogens with zero attached hydrogens (tertiary/aromatic N) is 3. The zero-order chi connectivity index (χ0) is 17.2. The number of carbonyl (C=O) groups is 1. The van der Waals surface area contributed by atoms with Crippen molar-refractivity contribution in [2.45, 2.75) is 57.3 Å². The van der Waals surface area contributed by atoms with Crippen molar-refractivity contribution in [3.8, 4) is 0 Å². The molecule has 3 aliphatic rings. The third-order valence-electron chi connectivity index (χ3n) is 4.82. The molecule has 24 heavy (non-hydrogen) atoms. The van der Waals surface area contributed by atoms with Gasteiger partial charge in [-0.1, -0.05) is 0 Å². The highest BCUT2D eigenvalue weighted by Crippen LogP contribution is 2.44. The average molecular weight is 338 g/mol. The molecule has 1 amide bonds. The quantitative estimate of drug-likeness (QED) is 0.791. The van der Waals surface area contributed by atoms with Crippen LogP contribution in [-0.4, -0.2) is 69.4 Å². The van der Waals surface area contributed by atoms with Gasteiger partial charge in [0.05, 0.1) is 19.1 Å². The van der Waals surface area contributed by atoms with Crippen molar-refractivity contribution in [1.29, 1.82) is 0 Å². The Labute approximate surface area is 139 Å². The first kappa shape index (κ1) is 15.8. The highest BCUT2D eigenvalue weighted by molar-refractivity contribution is 5.98. The fourth-order valence-electron chi connectivity index (χ4n) is 3.52. The van der Waals surface area contributed by atoms with Crippen LogP contribution in [0, 0.1) is 0 Å². The monoisotopic (exact) mass is 338 g/mol. The molecule has 2 fully saturated rings. The number of anilines is 1. The summed E-state index contributed by atoms with van der Waals surface area (Å²) in [6.45, 7) is 5.39. The number of aliphatic hydroxyl groups is 1. The lowest BCUT2D eigenvalue weighted by atomic mass is 10.1. The van der Waals surface area contributed by atoms with Crippen LogP contribution < -0.4 is 5.32 Å². The zero-order valence-corrected chi connectivity index (χ0v) is 14.1. The summed E-state index contributed by atoms with van der Waals surface area (Å²) < 4.78 is 19.5. The van der Waals surface area contributed by atoms with Crippen molar-refractivity contribution in [3.05, 3.63) is 12.0 Å². The van der Waals surface area contributed by atoms with Gasteiger partial charge < -0.3 is 29.5 Å². The molecule has 3 aliphatic heterocycles. The van der Waals surface area contributed by atoms with Crippen LogP contribution in [0.1, 0.15) is 37.5 Å². The Kier molecular flexibility index (Phi) is 3.40. The molecule has 1 aromatic rings. The van der Waals surface area contributed by atoms with Crippen LogP contribution in [0.5, 0.6) is 0 Å². The molecule has 9 nitrogen and oxygen atoms in total. The Morgan fingerprint density at radius 1 is 1.38 bits per heavy atom. The topological polar surface area (TPSA) is 98.1 Å². The number of amides is 1. The van der Waals surface area contributed by atoms with Gasteiger partial charge in [0, 0.05) is 7.05 Å². The van der Waals surface area contributed by atoms with E-state index in [4.69, 9.17) is 14.2 Å². The van der Waals surface area contributed by atoms with Crippen LogP contribution in [0.25, 0.3) is 0 Å². The number of imidazole rings is 1. The van der Waals surface area contributed by atoms with E-state index in [9.17, 15) is 9.90 Å². The smallest absolute Gasteiger partial charge is 0.277 e.